The van der Waals surface area contributed by atoms with Crippen molar-refractivity contribution in [2.45, 2.75) is 32.1 Å². The summed E-state index contributed by atoms with van der Waals surface area (Å²) in [6, 6.07) is 7.90. The minimum absolute atomic E-state index is 0.132. The molecule has 126 valence electrons. The summed E-state index contributed by atoms with van der Waals surface area (Å²) in [5, 5.41) is 5.08. The van der Waals surface area contributed by atoms with Gasteiger partial charge in [-0.3, -0.25) is 0 Å². The van der Waals surface area contributed by atoms with Gasteiger partial charge in [-0.25, -0.2) is 9.80 Å². The standard InChI is InChI=1S/C17H23ClN2O2S/c1-2-22-17(21)23-13-14(15-8-4-5-9-16(15)18)12-20(23)19-10-6-3-7-11-19/h4-5,8-9,13-14H,2-3,6-7,10-12H2,1H3. The van der Waals surface area contributed by atoms with Crippen LogP contribution in [0.1, 0.15) is 37.7 Å². The zero-order valence-electron chi connectivity index (χ0n) is 13.4. The molecule has 1 saturated heterocycles. The molecule has 0 saturated carbocycles. The summed E-state index contributed by atoms with van der Waals surface area (Å²) in [6.07, 6.45) is 3.65. The van der Waals surface area contributed by atoms with Crippen molar-refractivity contribution in [2.75, 3.05) is 26.2 Å². The Morgan fingerprint density at radius 2 is 2.04 bits per heavy atom. The SMILES string of the molecule is CCOC(=O)S1=CC(c2ccccc2Cl)CN1N1CCCCC1. The molecule has 6 heteroatoms. The van der Waals surface area contributed by atoms with Crippen molar-refractivity contribution >= 4 is 32.9 Å². The summed E-state index contributed by atoms with van der Waals surface area (Å²) in [7, 11) is -0.632. The summed E-state index contributed by atoms with van der Waals surface area (Å²) < 4.78 is 7.52. The minimum atomic E-state index is -0.632. The zero-order chi connectivity index (χ0) is 16.2. The Labute approximate surface area is 145 Å². The molecule has 0 spiro atoms. The maximum absolute atomic E-state index is 12.4. The maximum Gasteiger partial charge on any atom is 0.376 e. The van der Waals surface area contributed by atoms with Crippen LogP contribution < -0.4 is 0 Å². The van der Waals surface area contributed by atoms with E-state index < -0.39 is 10.7 Å². The minimum Gasteiger partial charge on any atom is -0.457 e. The highest BCUT2D eigenvalue weighted by Gasteiger charge is 2.34. The lowest BCUT2D eigenvalue weighted by Gasteiger charge is -2.36. The van der Waals surface area contributed by atoms with Gasteiger partial charge in [-0.2, -0.15) is 4.41 Å². The third-order valence-corrected chi connectivity index (χ3v) is 6.48. The molecule has 3 rings (SSSR count). The number of halogens is 1. The van der Waals surface area contributed by atoms with Crippen molar-refractivity contribution in [3.8, 4) is 0 Å². The van der Waals surface area contributed by atoms with Crippen molar-refractivity contribution in [3.05, 3.63) is 34.9 Å². The molecule has 2 aliphatic rings. The number of ether oxygens (including phenoxy) is 1. The number of rotatable bonds is 3. The Balaban J connectivity index is 1.86. The van der Waals surface area contributed by atoms with Crippen LogP contribution in [0.3, 0.4) is 0 Å². The van der Waals surface area contributed by atoms with Crippen LogP contribution in [-0.4, -0.2) is 46.3 Å². The second-order valence-corrected chi connectivity index (χ2v) is 7.87. The zero-order valence-corrected chi connectivity index (χ0v) is 15.0. The highest BCUT2D eigenvalue weighted by molar-refractivity contribution is 8.25. The van der Waals surface area contributed by atoms with Crippen LogP contribution in [-0.2, 0) is 4.74 Å². The smallest absolute Gasteiger partial charge is 0.376 e. The summed E-state index contributed by atoms with van der Waals surface area (Å²) in [4.78, 5) is 12.4. The number of hydrogen-bond acceptors (Lipinski definition) is 4. The Bertz CT molecular complexity index is 602. The predicted octanol–water partition coefficient (Wildman–Crippen LogP) is 4.28. The molecule has 0 aromatic heterocycles. The first kappa shape index (κ1) is 17.0. The molecule has 0 radical (unpaired) electrons. The molecule has 4 nitrogen and oxygen atoms in total. The van der Waals surface area contributed by atoms with Gasteiger partial charge in [-0.1, -0.05) is 36.2 Å². The van der Waals surface area contributed by atoms with E-state index in [0.29, 0.717) is 6.61 Å². The Morgan fingerprint density at radius 1 is 1.30 bits per heavy atom. The van der Waals surface area contributed by atoms with Gasteiger partial charge in [-0.05, 0) is 36.8 Å². The van der Waals surface area contributed by atoms with Crippen LogP contribution in [0.5, 0.6) is 0 Å². The van der Waals surface area contributed by atoms with Gasteiger partial charge >= 0.3 is 5.30 Å². The number of nitrogens with zero attached hydrogens (tertiary/aromatic N) is 2. The topological polar surface area (TPSA) is 32.8 Å². The number of carbonyl (C=O) groups is 1. The Kier molecular flexibility index (Phi) is 5.75. The maximum atomic E-state index is 12.4. The Hall–Kier alpha value is -0.880. The summed E-state index contributed by atoms with van der Waals surface area (Å²) in [5.41, 5.74) is 1.09. The van der Waals surface area contributed by atoms with Crippen molar-refractivity contribution in [2.24, 2.45) is 0 Å². The first-order chi connectivity index (χ1) is 11.2. The molecule has 0 N–H and O–H groups in total. The van der Waals surface area contributed by atoms with Crippen LogP contribution in [0.15, 0.2) is 24.3 Å². The molecule has 2 unspecified atom stereocenters. The molecule has 0 amide bonds. The van der Waals surface area contributed by atoms with Gasteiger partial charge in [0.05, 0.1) is 6.61 Å². The first-order valence-corrected chi connectivity index (χ1v) is 9.84. The number of hydrazine groups is 1. The number of hydrogen-bond donors (Lipinski definition) is 0. The van der Waals surface area contributed by atoms with Gasteiger partial charge in [0.2, 0.25) is 0 Å². The second-order valence-electron chi connectivity index (χ2n) is 5.81. The normalized spacial score (nSPS) is 26.0. The lowest BCUT2D eigenvalue weighted by atomic mass is 10.0. The largest absolute Gasteiger partial charge is 0.457 e. The molecule has 23 heavy (non-hydrogen) atoms. The number of carbonyl (C=O) groups excluding carboxylic acids is 1. The van der Waals surface area contributed by atoms with Gasteiger partial charge in [0.25, 0.3) is 0 Å². The lowest BCUT2D eigenvalue weighted by Crippen LogP contribution is -2.42. The van der Waals surface area contributed by atoms with E-state index in [4.69, 9.17) is 16.3 Å². The van der Waals surface area contributed by atoms with Crippen molar-refractivity contribution in [3.63, 3.8) is 0 Å². The quantitative estimate of drug-likeness (QED) is 0.599. The fourth-order valence-electron chi connectivity index (χ4n) is 3.12. The predicted molar refractivity (Wildman–Crippen MR) is 97.0 cm³/mol. The summed E-state index contributed by atoms with van der Waals surface area (Å²) in [5.74, 6) is 0.165. The average Bonchev–Trinajstić information content (AvgIpc) is 3.01. The monoisotopic (exact) mass is 354 g/mol. The molecule has 2 atom stereocenters. The molecular formula is C17H23ClN2O2S. The van der Waals surface area contributed by atoms with E-state index in [2.05, 4.69) is 20.9 Å². The highest BCUT2D eigenvalue weighted by Crippen LogP contribution is 2.38. The lowest BCUT2D eigenvalue weighted by molar-refractivity contribution is 0.0507. The fraction of sp³-hybridized carbons (Fsp3) is 0.529. The summed E-state index contributed by atoms with van der Waals surface area (Å²) >= 11 is 6.36. The molecule has 0 aliphatic carbocycles. The van der Waals surface area contributed by atoms with E-state index in [1.165, 1.54) is 19.3 Å². The van der Waals surface area contributed by atoms with Gasteiger partial charge in [0.1, 0.15) is 0 Å². The second kappa shape index (κ2) is 7.79. The van der Waals surface area contributed by atoms with Crippen LogP contribution in [0.2, 0.25) is 5.02 Å². The third kappa shape index (κ3) is 3.79. The van der Waals surface area contributed by atoms with Crippen molar-refractivity contribution < 1.29 is 9.53 Å². The van der Waals surface area contributed by atoms with Gasteiger partial charge < -0.3 is 4.74 Å². The van der Waals surface area contributed by atoms with Crippen molar-refractivity contribution in [1.29, 1.82) is 0 Å². The van der Waals surface area contributed by atoms with Crippen LogP contribution in [0.4, 0.5) is 4.79 Å². The van der Waals surface area contributed by atoms with E-state index >= 15 is 0 Å². The van der Waals surface area contributed by atoms with E-state index in [1.807, 2.05) is 25.1 Å². The molecule has 1 aromatic carbocycles. The average molecular weight is 355 g/mol. The van der Waals surface area contributed by atoms with Gasteiger partial charge in [-0.15, -0.1) is 0 Å². The van der Waals surface area contributed by atoms with Crippen LogP contribution in [0.25, 0.3) is 0 Å². The van der Waals surface area contributed by atoms with E-state index in [9.17, 15) is 4.79 Å². The van der Waals surface area contributed by atoms with Crippen molar-refractivity contribution in [1.82, 2.24) is 9.42 Å². The van der Waals surface area contributed by atoms with E-state index in [0.717, 1.165) is 30.2 Å². The fourth-order valence-corrected chi connectivity index (χ4v) is 5.34. The molecule has 2 heterocycles. The number of piperidine rings is 1. The Morgan fingerprint density at radius 3 is 2.74 bits per heavy atom. The van der Waals surface area contributed by atoms with Gasteiger partial charge in [0.15, 0.2) is 0 Å². The van der Waals surface area contributed by atoms with Crippen LogP contribution in [0, 0.1) is 0 Å². The van der Waals surface area contributed by atoms with Gasteiger partial charge in [0, 0.05) is 41.2 Å². The highest BCUT2D eigenvalue weighted by atomic mass is 35.5. The number of benzene rings is 1. The molecular weight excluding hydrogens is 332 g/mol. The van der Waals surface area contributed by atoms with Crippen LogP contribution >= 0.6 is 22.3 Å². The third-order valence-electron chi connectivity index (χ3n) is 4.26. The molecule has 2 aliphatic heterocycles. The first-order valence-electron chi connectivity index (χ1n) is 8.22. The summed E-state index contributed by atoms with van der Waals surface area (Å²) in [6.45, 7) is 5.11. The molecule has 0 bridgehead atoms. The van der Waals surface area contributed by atoms with E-state index in [-0.39, 0.29) is 11.2 Å². The molecule has 1 aromatic rings. The van der Waals surface area contributed by atoms with E-state index in [1.54, 1.807) is 0 Å². The molecule has 1 fully saturated rings.